The Labute approximate surface area is 195 Å². The molecular formula is C26H23FN2O5. The molecule has 0 saturated carbocycles. The molecule has 34 heavy (non-hydrogen) atoms. The summed E-state index contributed by atoms with van der Waals surface area (Å²) in [5.41, 5.74) is 3.39. The number of methoxy groups -OCH3 is 2. The first-order chi connectivity index (χ1) is 16.5. The number of carbonyl (C=O) groups is 1. The highest BCUT2D eigenvalue weighted by Crippen LogP contribution is 2.41. The predicted octanol–water partition coefficient (Wildman–Crippen LogP) is 4.89. The van der Waals surface area contributed by atoms with E-state index < -0.39 is 12.6 Å². The van der Waals surface area contributed by atoms with Gasteiger partial charge in [-0.3, -0.25) is 4.68 Å². The van der Waals surface area contributed by atoms with Crippen molar-refractivity contribution in [3.8, 4) is 39.8 Å². The van der Waals surface area contributed by atoms with Crippen LogP contribution in [0.25, 0.3) is 22.5 Å². The van der Waals surface area contributed by atoms with Crippen LogP contribution in [0.5, 0.6) is 17.2 Å². The second-order valence-electron chi connectivity index (χ2n) is 7.45. The lowest BCUT2D eigenvalue weighted by Gasteiger charge is -2.14. The zero-order chi connectivity index (χ0) is 24.1. The van der Waals surface area contributed by atoms with Gasteiger partial charge in [-0.1, -0.05) is 42.5 Å². The summed E-state index contributed by atoms with van der Waals surface area (Å²) in [4.78, 5) is 11.1. The number of benzene rings is 3. The number of carboxylic acids is 1. The smallest absolute Gasteiger partial charge is 0.341 e. The van der Waals surface area contributed by atoms with Gasteiger partial charge in [-0.15, -0.1) is 0 Å². The molecule has 0 saturated heterocycles. The van der Waals surface area contributed by atoms with Crippen molar-refractivity contribution in [2.45, 2.75) is 6.54 Å². The van der Waals surface area contributed by atoms with Crippen molar-refractivity contribution in [1.82, 2.24) is 9.78 Å². The fraction of sp³-hybridized carbons (Fsp3) is 0.154. The molecule has 8 heteroatoms. The fourth-order valence-electron chi connectivity index (χ4n) is 3.62. The first-order valence-electron chi connectivity index (χ1n) is 10.5. The number of aromatic nitrogens is 2. The molecule has 0 radical (unpaired) electrons. The summed E-state index contributed by atoms with van der Waals surface area (Å²) in [6.07, 6.45) is 0. The average molecular weight is 462 g/mol. The number of aliphatic carboxylic acids is 1. The van der Waals surface area contributed by atoms with Gasteiger partial charge in [0.25, 0.3) is 0 Å². The van der Waals surface area contributed by atoms with Gasteiger partial charge in [0, 0.05) is 17.2 Å². The molecule has 1 heterocycles. The Balaban J connectivity index is 1.87. The maximum atomic E-state index is 14.0. The van der Waals surface area contributed by atoms with Crippen molar-refractivity contribution >= 4 is 5.97 Å². The summed E-state index contributed by atoms with van der Waals surface area (Å²) in [7, 11) is 2.99. The van der Waals surface area contributed by atoms with E-state index in [1.807, 2.05) is 42.5 Å². The Morgan fingerprint density at radius 2 is 1.68 bits per heavy atom. The number of halogens is 1. The second-order valence-corrected chi connectivity index (χ2v) is 7.45. The van der Waals surface area contributed by atoms with E-state index in [9.17, 15) is 9.18 Å². The lowest BCUT2D eigenvalue weighted by molar-refractivity contribution is -0.139. The van der Waals surface area contributed by atoms with E-state index in [2.05, 4.69) is 0 Å². The molecule has 0 amide bonds. The molecule has 4 rings (SSSR count). The largest absolute Gasteiger partial charge is 0.493 e. The molecule has 1 aromatic heterocycles. The van der Waals surface area contributed by atoms with Gasteiger partial charge >= 0.3 is 5.97 Å². The summed E-state index contributed by atoms with van der Waals surface area (Å²) in [6.45, 7) is -0.0880. The van der Waals surface area contributed by atoms with Gasteiger partial charge in [0.15, 0.2) is 18.1 Å². The molecule has 0 aliphatic carbocycles. The highest BCUT2D eigenvalue weighted by molar-refractivity contribution is 5.76. The first-order valence-corrected chi connectivity index (χ1v) is 10.5. The minimum Gasteiger partial charge on any atom is -0.493 e. The van der Waals surface area contributed by atoms with Crippen LogP contribution in [-0.2, 0) is 11.3 Å². The topological polar surface area (TPSA) is 82.8 Å². The Bertz CT molecular complexity index is 1300. The monoisotopic (exact) mass is 462 g/mol. The fourth-order valence-corrected chi connectivity index (χ4v) is 3.62. The highest BCUT2D eigenvalue weighted by Gasteiger charge is 2.20. The molecule has 7 nitrogen and oxygen atoms in total. The van der Waals surface area contributed by atoms with Gasteiger partial charge in [0.1, 0.15) is 11.6 Å². The van der Waals surface area contributed by atoms with Gasteiger partial charge < -0.3 is 19.3 Å². The first kappa shape index (κ1) is 22.8. The van der Waals surface area contributed by atoms with Crippen LogP contribution in [0.15, 0.2) is 72.8 Å². The molecule has 4 aromatic rings. The van der Waals surface area contributed by atoms with Crippen LogP contribution in [0.4, 0.5) is 4.39 Å². The van der Waals surface area contributed by atoms with Crippen molar-refractivity contribution in [1.29, 1.82) is 0 Å². The Morgan fingerprint density at radius 1 is 0.941 bits per heavy atom. The molecule has 0 atom stereocenters. The van der Waals surface area contributed by atoms with E-state index in [4.69, 9.17) is 24.4 Å². The molecule has 3 aromatic carbocycles. The van der Waals surface area contributed by atoms with Gasteiger partial charge in [0.05, 0.1) is 32.2 Å². The third-order valence-corrected chi connectivity index (χ3v) is 5.19. The summed E-state index contributed by atoms with van der Waals surface area (Å²) in [5, 5.41) is 13.9. The van der Waals surface area contributed by atoms with Crippen LogP contribution in [0.3, 0.4) is 0 Å². The van der Waals surface area contributed by atoms with Gasteiger partial charge in [-0.05, 0) is 29.8 Å². The molecule has 174 valence electrons. The lowest BCUT2D eigenvalue weighted by Crippen LogP contribution is -2.10. The summed E-state index contributed by atoms with van der Waals surface area (Å²) in [6, 6.07) is 21.1. The number of nitrogens with zero attached hydrogens (tertiary/aromatic N) is 2. The second kappa shape index (κ2) is 10.1. The molecule has 0 aliphatic heterocycles. The highest BCUT2D eigenvalue weighted by atomic mass is 19.1. The maximum absolute atomic E-state index is 14.0. The van der Waals surface area contributed by atoms with E-state index in [1.165, 1.54) is 26.4 Å². The Hall–Kier alpha value is -4.33. The summed E-state index contributed by atoms with van der Waals surface area (Å²) in [5.74, 6) is -0.375. The third-order valence-electron chi connectivity index (χ3n) is 5.19. The molecular weight excluding hydrogens is 439 g/mol. The van der Waals surface area contributed by atoms with E-state index in [0.29, 0.717) is 40.6 Å². The quantitative estimate of drug-likeness (QED) is 0.382. The SMILES string of the molecule is COc1cc(OCC(=O)O)c(-c2cc(-c3cccc(F)c3)n(Cc3ccccc3)n2)cc1OC. The molecule has 0 bridgehead atoms. The average Bonchev–Trinajstić information content (AvgIpc) is 3.26. The van der Waals surface area contributed by atoms with Crippen LogP contribution in [0, 0.1) is 5.82 Å². The Morgan fingerprint density at radius 3 is 2.35 bits per heavy atom. The van der Waals surface area contributed by atoms with Crippen molar-refractivity contribution in [3.63, 3.8) is 0 Å². The lowest BCUT2D eigenvalue weighted by atomic mass is 10.1. The third kappa shape index (κ3) is 5.01. The van der Waals surface area contributed by atoms with E-state index in [1.54, 1.807) is 22.9 Å². The van der Waals surface area contributed by atoms with Crippen molar-refractivity contribution in [2.24, 2.45) is 0 Å². The van der Waals surface area contributed by atoms with Crippen molar-refractivity contribution < 1.29 is 28.5 Å². The van der Waals surface area contributed by atoms with Crippen LogP contribution in [-0.4, -0.2) is 41.7 Å². The minimum absolute atomic E-state index is 0.273. The summed E-state index contributed by atoms with van der Waals surface area (Å²) < 4.78 is 32.1. The van der Waals surface area contributed by atoms with Crippen LogP contribution >= 0.6 is 0 Å². The molecule has 1 N–H and O–H groups in total. The van der Waals surface area contributed by atoms with Crippen LogP contribution in [0.1, 0.15) is 5.56 Å². The van der Waals surface area contributed by atoms with Gasteiger partial charge in [-0.2, -0.15) is 5.10 Å². The number of hydrogen-bond donors (Lipinski definition) is 1. The van der Waals surface area contributed by atoms with Crippen LogP contribution in [0.2, 0.25) is 0 Å². The standard InChI is InChI=1S/C26H23FN2O5/c1-32-24-12-20(23(14-25(24)33-2)34-16-26(30)31)21-13-22(18-9-6-10-19(27)11-18)29(28-21)15-17-7-4-3-5-8-17/h3-14H,15-16H2,1-2H3,(H,30,31). The van der Waals surface area contributed by atoms with E-state index >= 15 is 0 Å². The molecule has 0 fully saturated rings. The van der Waals surface area contributed by atoms with Crippen molar-refractivity contribution in [2.75, 3.05) is 20.8 Å². The summed E-state index contributed by atoms with van der Waals surface area (Å²) >= 11 is 0. The number of rotatable bonds is 9. The molecule has 0 unspecified atom stereocenters. The Kier molecular flexibility index (Phi) is 6.77. The zero-order valence-corrected chi connectivity index (χ0v) is 18.7. The van der Waals surface area contributed by atoms with Crippen LogP contribution < -0.4 is 14.2 Å². The molecule has 0 spiro atoms. The zero-order valence-electron chi connectivity index (χ0n) is 18.7. The van der Waals surface area contributed by atoms with Crippen molar-refractivity contribution in [3.05, 3.63) is 84.2 Å². The maximum Gasteiger partial charge on any atom is 0.341 e. The molecule has 0 aliphatic rings. The number of hydrogen-bond acceptors (Lipinski definition) is 5. The number of carboxylic acid groups (broad SMARTS) is 1. The predicted molar refractivity (Wildman–Crippen MR) is 125 cm³/mol. The van der Waals surface area contributed by atoms with Gasteiger partial charge in [-0.25, -0.2) is 9.18 Å². The van der Waals surface area contributed by atoms with Gasteiger partial charge in [0.2, 0.25) is 0 Å². The number of ether oxygens (including phenoxy) is 3. The van der Waals surface area contributed by atoms with E-state index in [-0.39, 0.29) is 11.6 Å². The normalized spacial score (nSPS) is 10.7. The van der Waals surface area contributed by atoms with E-state index in [0.717, 1.165) is 5.56 Å². The minimum atomic E-state index is -1.12.